The van der Waals surface area contributed by atoms with Gasteiger partial charge < -0.3 is 4.57 Å². The van der Waals surface area contributed by atoms with Gasteiger partial charge in [0.2, 0.25) is 0 Å². The zero-order valence-corrected chi connectivity index (χ0v) is 25.5. The number of pyridine rings is 1. The third-order valence-electron chi connectivity index (χ3n) is 7.97. The first-order valence-corrected chi connectivity index (χ1v) is 14.9. The van der Waals surface area contributed by atoms with Crippen LogP contribution < -0.4 is 0 Å². The van der Waals surface area contributed by atoms with Crippen LogP contribution in [0.3, 0.4) is 0 Å². The van der Waals surface area contributed by atoms with E-state index < -0.39 is 0 Å². The molecule has 0 aliphatic carbocycles. The van der Waals surface area contributed by atoms with Crippen molar-refractivity contribution in [3.63, 3.8) is 0 Å². The van der Waals surface area contributed by atoms with Crippen LogP contribution in [0.5, 0.6) is 0 Å². The number of hydrogen-bond donors (Lipinski definition) is 0. The Hall–Kier alpha value is -5.22. The van der Waals surface area contributed by atoms with Crippen molar-refractivity contribution in [3.05, 3.63) is 121 Å². The second kappa shape index (κ2) is 11.6. The Morgan fingerprint density at radius 1 is 0.791 bits per heavy atom. The van der Waals surface area contributed by atoms with Crippen molar-refractivity contribution in [3.8, 4) is 5.69 Å². The molecule has 3 heterocycles. The summed E-state index contributed by atoms with van der Waals surface area (Å²) in [5, 5.41) is 6.00. The van der Waals surface area contributed by atoms with Crippen LogP contribution in [-0.2, 0) is 0 Å². The molecule has 7 rings (SSSR count). The van der Waals surface area contributed by atoms with Crippen LogP contribution in [-0.4, -0.2) is 27.2 Å². The van der Waals surface area contributed by atoms with Gasteiger partial charge in [0, 0.05) is 45.9 Å². The van der Waals surface area contributed by atoms with Gasteiger partial charge in [-0.1, -0.05) is 81.1 Å². The summed E-state index contributed by atoms with van der Waals surface area (Å²) in [6.45, 7) is 12.2. The zero-order chi connectivity index (χ0) is 30.1. The molecular formula is C39H36N4. The highest BCUT2D eigenvalue weighted by atomic mass is 15.0. The number of hydrogen-bond acceptors (Lipinski definition) is 2. The maximum absolute atomic E-state index is 5.14. The maximum atomic E-state index is 5.14. The molecule has 0 aliphatic rings. The van der Waals surface area contributed by atoms with Crippen molar-refractivity contribution in [1.29, 1.82) is 0 Å². The number of imidazole rings is 1. The van der Waals surface area contributed by atoms with Crippen LogP contribution in [0.25, 0.3) is 72.5 Å². The Labute approximate surface area is 252 Å². The third-order valence-corrected chi connectivity index (χ3v) is 7.97. The Morgan fingerprint density at radius 2 is 1.51 bits per heavy atom. The van der Waals surface area contributed by atoms with Gasteiger partial charge >= 0.3 is 0 Å². The summed E-state index contributed by atoms with van der Waals surface area (Å²) < 4.78 is 4.64. The van der Waals surface area contributed by atoms with Gasteiger partial charge in [-0.2, -0.15) is 0 Å². The van der Waals surface area contributed by atoms with Gasteiger partial charge in [-0.25, -0.2) is 4.98 Å². The summed E-state index contributed by atoms with van der Waals surface area (Å²) in [6.07, 6.45) is 10.0. The van der Waals surface area contributed by atoms with Crippen molar-refractivity contribution >= 4 is 73.1 Å². The summed E-state index contributed by atoms with van der Waals surface area (Å²) in [6, 6.07) is 30.5. The standard InChI is InChI=1S/C37H30N4.C2H6/c1-5-13-30-31(7-3)41-33-19-11-8-16-27(33)35-29(37(41)39-30)20-21-34-36(35)28-17-9-10-18-32(28)40(34)26-15-12-14-25(22-26)24(6-2)23-38-4;1-2/h5-23H,3H2,1-2,4H3;1-2H3/b13-5-,24-6+,38-23?;. The van der Waals surface area contributed by atoms with Gasteiger partial charge in [-0.3, -0.25) is 9.39 Å². The van der Waals surface area contributed by atoms with E-state index >= 15 is 0 Å². The van der Waals surface area contributed by atoms with Crippen molar-refractivity contribution in [2.24, 2.45) is 4.99 Å². The fraction of sp³-hybridized carbons (Fsp3) is 0.128. The fourth-order valence-corrected chi connectivity index (χ4v) is 6.32. The molecule has 0 atom stereocenters. The van der Waals surface area contributed by atoms with Crippen LogP contribution in [0.4, 0.5) is 0 Å². The number of allylic oxidation sites excluding steroid dienone is 3. The van der Waals surface area contributed by atoms with E-state index in [1.54, 1.807) is 0 Å². The van der Waals surface area contributed by atoms with E-state index in [1.807, 2.05) is 46.2 Å². The van der Waals surface area contributed by atoms with E-state index in [9.17, 15) is 0 Å². The predicted molar refractivity (Wildman–Crippen MR) is 189 cm³/mol. The molecule has 0 saturated carbocycles. The van der Waals surface area contributed by atoms with Gasteiger partial charge in [-0.05, 0) is 73.5 Å². The van der Waals surface area contributed by atoms with Crippen molar-refractivity contribution in [2.75, 3.05) is 7.05 Å². The Bertz CT molecular complexity index is 2250. The first kappa shape index (κ1) is 27.9. The van der Waals surface area contributed by atoms with Gasteiger partial charge in [0.25, 0.3) is 0 Å². The fourth-order valence-electron chi connectivity index (χ4n) is 6.32. The van der Waals surface area contributed by atoms with Crippen LogP contribution in [0, 0.1) is 0 Å². The Balaban J connectivity index is 0.00000161. The normalized spacial score (nSPS) is 12.3. The molecule has 4 heteroatoms. The molecule has 0 fully saturated rings. The summed E-state index contributed by atoms with van der Waals surface area (Å²) in [7, 11) is 1.81. The highest BCUT2D eigenvalue weighted by Crippen LogP contribution is 2.42. The molecule has 3 aromatic heterocycles. The van der Waals surface area contributed by atoms with Crippen molar-refractivity contribution < 1.29 is 0 Å². The van der Waals surface area contributed by atoms with E-state index in [1.165, 1.54) is 32.6 Å². The lowest BCUT2D eigenvalue weighted by atomic mass is 10.00. The second-order valence-corrected chi connectivity index (χ2v) is 10.2. The van der Waals surface area contributed by atoms with Crippen LogP contribution in [0.1, 0.15) is 44.6 Å². The smallest absolute Gasteiger partial charge is 0.146 e. The number of fused-ring (bicyclic) bond motifs is 10. The Kier molecular flexibility index (Phi) is 7.52. The van der Waals surface area contributed by atoms with Crippen molar-refractivity contribution in [2.45, 2.75) is 27.7 Å². The minimum absolute atomic E-state index is 0.926. The number of aliphatic imine (C=N–C) groups is 1. The summed E-state index contributed by atoms with van der Waals surface area (Å²) >= 11 is 0. The number of para-hydroxylation sites is 2. The van der Waals surface area contributed by atoms with E-state index in [0.29, 0.717) is 0 Å². The number of rotatable bonds is 5. The number of aromatic nitrogens is 3. The molecule has 0 radical (unpaired) electrons. The first-order valence-electron chi connectivity index (χ1n) is 14.9. The van der Waals surface area contributed by atoms with Crippen molar-refractivity contribution in [1.82, 2.24) is 14.0 Å². The molecule has 4 nitrogen and oxygen atoms in total. The molecule has 0 amide bonds. The highest BCUT2D eigenvalue weighted by Gasteiger charge is 2.21. The Morgan fingerprint density at radius 3 is 2.21 bits per heavy atom. The van der Waals surface area contributed by atoms with Crippen LogP contribution in [0.2, 0.25) is 0 Å². The van der Waals surface area contributed by atoms with Gasteiger partial charge in [0.15, 0.2) is 0 Å². The lowest BCUT2D eigenvalue weighted by Gasteiger charge is -2.13. The average Bonchev–Trinajstić information content (AvgIpc) is 3.60. The molecule has 4 aromatic carbocycles. The molecule has 212 valence electrons. The summed E-state index contributed by atoms with van der Waals surface area (Å²) in [4.78, 5) is 9.41. The maximum Gasteiger partial charge on any atom is 0.146 e. The van der Waals surface area contributed by atoms with Crippen LogP contribution in [0.15, 0.2) is 109 Å². The lowest BCUT2D eigenvalue weighted by molar-refractivity contribution is 1.18. The summed E-state index contributed by atoms with van der Waals surface area (Å²) in [5.74, 6) is 0. The molecule has 0 unspecified atom stereocenters. The number of benzene rings is 4. The monoisotopic (exact) mass is 560 g/mol. The topological polar surface area (TPSA) is 34.6 Å². The molecule has 43 heavy (non-hydrogen) atoms. The SMILES string of the molecule is C=Cc1c(/C=C\C)nc2c3ccc4c(c5ccccc5n4-c4cccc(/C(C=NC)=C/C)c4)c3c3ccccc3n12.CC. The summed E-state index contributed by atoms with van der Waals surface area (Å²) in [5.41, 5.74) is 9.69. The minimum atomic E-state index is 0.926. The first-order chi connectivity index (χ1) is 21.2. The molecule has 0 aliphatic heterocycles. The van der Waals surface area contributed by atoms with E-state index in [-0.39, 0.29) is 0 Å². The van der Waals surface area contributed by atoms with Crippen LogP contribution >= 0.6 is 0 Å². The lowest BCUT2D eigenvalue weighted by Crippen LogP contribution is -1.97. The second-order valence-electron chi connectivity index (χ2n) is 10.2. The molecular weight excluding hydrogens is 524 g/mol. The van der Waals surface area contributed by atoms with E-state index in [2.05, 4.69) is 125 Å². The molecule has 0 N–H and O–H groups in total. The molecule has 7 aromatic rings. The van der Waals surface area contributed by atoms with E-state index in [4.69, 9.17) is 4.98 Å². The van der Waals surface area contributed by atoms with Gasteiger partial charge in [0.05, 0.1) is 27.9 Å². The quantitative estimate of drug-likeness (QED) is 0.152. The average molecular weight is 561 g/mol. The number of nitrogens with zero attached hydrogens (tertiary/aromatic N) is 4. The van der Waals surface area contributed by atoms with Gasteiger partial charge in [0.1, 0.15) is 5.65 Å². The van der Waals surface area contributed by atoms with E-state index in [0.717, 1.165) is 44.8 Å². The molecule has 0 bridgehead atoms. The minimum Gasteiger partial charge on any atom is -0.309 e. The largest absolute Gasteiger partial charge is 0.309 e. The third kappa shape index (κ3) is 4.29. The van der Waals surface area contributed by atoms with Gasteiger partial charge in [-0.15, -0.1) is 0 Å². The predicted octanol–water partition coefficient (Wildman–Crippen LogP) is 10.5. The molecule has 0 saturated heterocycles. The zero-order valence-electron chi connectivity index (χ0n) is 25.5. The highest BCUT2D eigenvalue weighted by molar-refractivity contribution is 6.30. The molecule has 0 spiro atoms.